The molecule has 0 radical (unpaired) electrons. The second-order valence-corrected chi connectivity index (χ2v) is 6.84. The standard InChI is InChI=1S/C19H28N2O5/c20-17(22)11-10-16(18(23)24)21-15-8-6-14(7-9-15)19(25)26-12-13-4-2-1-3-5-13/h1-5,14-17,21-22H,6-12,20H2,(H,23,24). The molecular weight excluding hydrogens is 336 g/mol. The lowest BCUT2D eigenvalue weighted by Gasteiger charge is -2.30. The second kappa shape index (κ2) is 10.3. The Morgan fingerprint density at radius 1 is 1.15 bits per heavy atom. The highest BCUT2D eigenvalue weighted by Crippen LogP contribution is 2.26. The minimum absolute atomic E-state index is 0.0455. The Bertz CT molecular complexity index is 571. The van der Waals surface area contributed by atoms with Crippen molar-refractivity contribution in [2.45, 2.75) is 63.4 Å². The number of hydrogen-bond acceptors (Lipinski definition) is 6. The summed E-state index contributed by atoms with van der Waals surface area (Å²) in [6.45, 7) is 0.278. The molecule has 1 fully saturated rings. The molecule has 144 valence electrons. The third kappa shape index (κ3) is 6.74. The molecule has 1 saturated carbocycles. The first-order chi connectivity index (χ1) is 12.5. The van der Waals surface area contributed by atoms with Gasteiger partial charge in [0.05, 0.1) is 5.92 Å². The fraction of sp³-hybridized carbons (Fsp3) is 0.579. The van der Waals surface area contributed by atoms with E-state index in [1.165, 1.54) is 0 Å². The van der Waals surface area contributed by atoms with Gasteiger partial charge in [0, 0.05) is 6.04 Å². The summed E-state index contributed by atoms with van der Waals surface area (Å²) in [5.41, 5.74) is 6.24. The fourth-order valence-corrected chi connectivity index (χ4v) is 3.24. The van der Waals surface area contributed by atoms with E-state index in [4.69, 9.17) is 15.6 Å². The van der Waals surface area contributed by atoms with Crippen molar-refractivity contribution >= 4 is 11.9 Å². The van der Waals surface area contributed by atoms with Crippen LogP contribution in [0.5, 0.6) is 0 Å². The predicted molar refractivity (Wildman–Crippen MR) is 96.0 cm³/mol. The van der Waals surface area contributed by atoms with E-state index in [-0.39, 0.29) is 37.4 Å². The number of carbonyl (C=O) groups is 2. The highest BCUT2D eigenvalue weighted by molar-refractivity contribution is 5.73. The van der Waals surface area contributed by atoms with Crippen LogP contribution in [-0.4, -0.2) is 40.5 Å². The van der Waals surface area contributed by atoms with E-state index in [0.717, 1.165) is 18.4 Å². The van der Waals surface area contributed by atoms with Crippen molar-refractivity contribution in [2.75, 3.05) is 0 Å². The van der Waals surface area contributed by atoms with Crippen molar-refractivity contribution in [2.24, 2.45) is 11.7 Å². The molecule has 0 saturated heterocycles. The number of carboxylic acids is 1. The smallest absolute Gasteiger partial charge is 0.320 e. The molecule has 1 aliphatic carbocycles. The monoisotopic (exact) mass is 364 g/mol. The van der Waals surface area contributed by atoms with Gasteiger partial charge in [-0.3, -0.25) is 9.59 Å². The number of aliphatic hydroxyl groups is 1. The first-order valence-corrected chi connectivity index (χ1v) is 9.08. The van der Waals surface area contributed by atoms with Crippen molar-refractivity contribution in [1.29, 1.82) is 0 Å². The molecule has 0 bridgehead atoms. The molecule has 7 heteroatoms. The van der Waals surface area contributed by atoms with E-state index >= 15 is 0 Å². The molecule has 7 nitrogen and oxygen atoms in total. The number of aliphatic carboxylic acids is 1. The van der Waals surface area contributed by atoms with Crippen LogP contribution in [-0.2, 0) is 20.9 Å². The van der Waals surface area contributed by atoms with Gasteiger partial charge in [-0.2, -0.15) is 0 Å². The number of hydrogen-bond donors (Lipinski definition) is 4. The number of nitrogens with one attached hydrogen (secondary N) is 1. The SMILES string of the molecule is NC(O)CCC(NC1CCC(C(=O)OCc2ccccc2)CC1)C(=O)O. The summed E-state index contributed by atoms with van der Waals surface area (Å²) in [5, 5.41) is 21.5. The van der Waals surface area contributed by atoms with Gasteiger partial charge < -0.3 is 26.0 Å². The number of ether oxygens (including phenoxy) is 1. The Morgan fingerprint density at radius 3 is 2.38 bits per heavy atom. The third-order valence-electron chi connectivity index (χ3n) is 4.77. The Balaban J connectivity index is 1.73. The molecule has 1 aromatic carbocycles. The summed E-state index contributed by atoms with van der Waals surface area (Å²) in [4.78, 5) is 23.5. The van der Waals surface area contributed by atoms with Crippen LogP contribution in [0.1, 0.15) is 44.1 Å². The molecule has 1 aromatic rings. The van der Waals surface area contributed by atoms with Gasteiger partial charge >= 0.3 is 11.9 Å². The number of carbonyl (C=O) groups excluding carboxylic acids is 1. The van der Waals surface area contributed by atoms with E-state index in [9.17, 15) is 14.7 Å². The maximum Gasteiger partial charge on any atom is 0.320 e. The normalized spacial score (nSPS) is 22.4. The summed E-state index contributed by atoms with van der Waals surface area (Å²) >= 11 is 0. The van der Waals surface area contributed by atoms with Gasteiger partial charge in [-0.1, -0.05) is 30.3 Å². The van der Waals surface area contributed by atoms with Gasteiger partial charge in [0.2, 0.25) is 0 Å². The minimum atomic E-state index is -1.01. The minimum Gasteiger partial charge on any atom is -0.480 e. The third-order valence-corrected chi connectivity index (χ3v) is 4.77. The molecule has 1 aliphatic rings. The van der Waals surface area contributed by atoms with E-state index in [1.54, 1.807) is 0 Å². The Labute approximate surface area is 153 Å². The zero-order chi connectivity index (χ0) is 18.9. The van der Waals surface area contributed by atoms with Crippen molar-refractivity contribution in [3.05, 3.63) is 35.9 Å². The molecule has 0 spiro atoms. The van der Waals surface area contributed by atoms with Crippen LogP contribution in [0.4, 0.5) is 0 Å². The zero-order valence-corrected chi connectivity index (χ0v) is 14.8. The molecule has 0 aliphatic heterocycles. The van der Waals surface area contributed by atoms with Gasteiger partial charge in [-0.15, -0.1) is 0 Å². The van der Waals surface area contributed by atoms with Crippen LogP contribution < -0.4 is 11.1 Å². The van der Waals surface area contributed by atoms with Gasteiger partial charge in [0.25, 0.3) is 0 Å². The molecule has 0 heterocycles. The first-order valence-electron chi connectivity index (χ1n) is 9.08. The lowest BCUT2D eigenvalue weighted by Crippen LogP contribution is -2.46. The van der Waals surface area contributed by atoms with E-state index < -0.39 is 18.2 Å². The number of aliphatic hydroxyl groups excluding tert-OH is 1. The van der Waals surface area contributed by atoms with Gasteiger partial charge in [-0.05, 0) is 44.1 Å². The first kappa shape index (κ1) is 20.4. The van der Waals surface area contributed by atoms with Crippen molar-refractivity contribution < 1.29 is 24.5 Å². The second-order valence-electron chi connectivity index (χ2n) is 6.84. The summed E-state index contributed by atoms with van der Waals surface area (Å²) in [7, 11) is 0. The maximum absolute atomic E-state index is 12.2. The summed E-state index contributed by atoms with van der Waals surface area (Å²) in [6, 6.07) is 8.87. The van der Waals surface area contributed by atoms with Crippen LogP contribution in [0.15, 0.2) is 30.3 Å². The number of carboxylic acid groups (broad SMARTS) is 1. The average molecular weight is 364 g/mol. The summed E-state index contributed by atoms with van der Waals surface area (Å²) < 4.78 is 5.39. The highest BCUT2D eigenvalue weighted by atomic mass is 16.5. The van der Waals surface area contributed by atoms with Crippen LogP contribution in [0, 0.1) is 5.92 Å². The van der Waals surface area contributed by atoms with E-state index in [1.807, 2.05) is 30.3 Å². The Morgan fingerprint density at radius 2 is 1.81 bits per heavy atom. The largest absolute Gasteiger partial charge is 0.480 e. The number of esters is 1. The predicted octanol–water partition coefficient (Wildman–Crippen LogP) is 1.39. The average Bonchev–Trinajstić information content (AvgIpc) is 2.64. The summed E-state index contributed by atoms with van der Waals surface area (Å²) in [5.74, 6) is -1.27. The molecule has 0 amide bonds. The van der Waals surface area contributed by atoms with Gasteiger partial charge in [-0.25, -0.2) is 0 Å². The Kier molecular flexibility index (Phi) is 8.03. The molecule has 2 unspecified atom stereocenters. The van der Waals surface area contributed by atoms with Crippen LogP contribution in [0.2, 0.25) is 0 Å². The topological polar surface area (TPSA) is 122 Å². The quantitative estimate of drug-likeness (QED) is 0.386. The lowest BCUT2D eigenvalue weighted by molar-refractivity contribution is -0.151. The molecular formula is C19H28N2O5. The number of benzene rings is 1. The lowest BCUT2D eigenvalue weighted by atomic mass is 9.85. The number of nitrogens with two attached hydrogens (primary N) is 1. The van der Waals surface area contributed by atoms with Crippen molar-refractivity contribution in [3.8, 4) is 0 Å². The van der Waals surface area contributed by atoms with Crippen LogP contribution >= 0.6 is 0 Å². The van der Waals surface area contributed by atoms with E-state index in [0.29, 0.717) is 12.8 Å². The zero-order valence-electron chi connectivity index (χ0n) is 14.8. The molecule has 0 aromatic heterocycles. The summed E-state index contributed by atoms with van der Waals surface area (Å²) in [6.07, 6.45) is 2.29. The fourth-order valence-electron chi connectivity index (χ4n) is 3.24. The van der Waals surface area contributed by atoms with Gasteiger partial charge in [0.1, 0.15) is 18.9 Å². The van der Waals surface area contributed by atoms with Crippen molar-refractivity contribution in [1.82, 2.24) is 5.32 Å². The molecule has 26 heavy (non-hydrogen) atoms. The van der Waals surface area contributed by atoms with Crippen LogP contribution in [0.25, 0.3) is 0 Å². The van der Waals surface area contributed by atoms with Crippen LogP contribution in [0.3, 0.4) is 0 Å². The highest BCUT2D eigenvalue weighted by Gasteiger charge is 2.30. The number of rotatable bonds is 9. The van der Waals surface area contributed by atoms with E-state index in [2.05, 4.69) is 5.32 Å². The maximum atomic E-state index is 12.2. The van der Waals surface area contributed by atoms with Gasteiger partial charge in [0.15, 0.2) is 0 Å². The molecule has 2 rings (SSSR count). The molecule has 5 N–H and O–H groups in total. The van der Waals surface area contributed by atoms with Crippen molar-refractivity contribution in [3.63, 3.8) is 0 Å². The molecule has 2 atom stereocenters. The Hall–Kier alpha value is -1.96.